The number of hydrazone groups is 1. The molecule has 3 N–H and O–H groups in total. The molecule has 3 amide bonds. The molecule has 45 heavy (non-hydrogen) atoms. The van der Waals surface area contributed by atoms with Gasteiger partial charge in [-0.1, -0.05) is 26.0 Å². The lowest BCUT2D eigenvalue weighted by molar-refractivity contribution is -0.164. The Kier molecular flexibility index (Phi) is 11.4. The molecule has 1 saturated heterocycles. The highest BCUT2D eigenvalue weighted by Crippen LogP contribution is 2.39. The Hall–Kier alpha value is -3.98. The summed E-state index contributed by atoms with van der Waals surface area (Å²) in [6, 6.07) is 6.45. The van der Waals surface area contributed by atoms with Crippen LogP contribution in [0.4, 0.5) is 22.0 Å². The molecule has 0 saturated carbocycles. The summed E-state index contributed by atoms with van der Waals surface area (Å²) < 4.78 is 72.7. The molecule has 2 aliphatic rings. The van der Waals surface area contributed by atoms with E-state index in [4.69, 9.17) is 10.5 Å². The van der Waals surface area contributed by atoms with Gasteiger partial charge in [0.2, 0.25) is 11.8 Å². The minimum atomic E-state index is -4.71. The van der Waals surface area contributed by atoms with E-state index in [0.717, 1.165) is 6.07 Å². The number of alkyl halides is 3. The van der Waals surface area contributed by atoms with Crippen LogP contribution in [-0.4, -0.2) is 82.3 Å². The highest BCUT2D eigenvalue weighted by atomic mass is 19.4. The van der Waals surface area contributed by atoms with Gasteiger partial charge in [-0.2, -0.15) is 18.3 Å². The van der Waals surface area contributed by atoms with Gasteiger partial charge in [-0.15, -0.1) is 0 Å². The van der Waals surface area contributed by atoms with E-state index in [1.165, 1.54) is 31.0 Å². The highest BCUT2D eigenvalue weighted by Gasteiger charge is 2.56. The number of hydrogen-bond acceptors (Lipinski definition) is 7. The van der Waals surface area contributed by atoms with Crippen LogP contribution in [-0.2, 0) is 32.1 Å². The van der Waals surface area contributed by atoms with Gasteiger partial charge in [0.1, 0.15) is 29.6 Å². The number of ether oxygens (including phenoxy) is 1. The molecule has 2 aromatic rings. The van der Waals surface area contributed by atoms with Crippen molar-refractivity contribution in [3.63, 3.8) is 0 Å². The van der Waals surface area contributed by atoms with Crippen LogP contribution in [0, 0.1) is 17.0 Å². The number of hydrogen-bond donors (Lipinski definition) is 2. The number of halogens is 5. The summed E-state index contributed by atoms with van der Waals surface area (Å²) in [7, 11) is 0. The third kappa shape index (κ3) is 8.81. The van der Waals surface area contributed by atoms with Gasteiger partial charge in [0, 0.05) is 49.5 Å². The fraction of sp³-hybridized carbons (Fsp3) is 0.500. The quantitative estimate of drug-likeness (QED) is 0.384. The summed E-state index contributed by atoms with van der Waals surface area (Å²) in [5.74, 6) is -3.97. The predicted molar refractivity (Wildman–Crippen MR) is 154 cm³/mol. The van der Waals surface area contributed by atoms with Gasteiger partial charge in [0.25, 0.3) is 5.91 Å². The van der Waals surface area contributed by atoms with Crippen LogP contribution >= 0.6 is 0 Å². The van der Waals surface area contributed by atoms with E-state index in [0.29, 0.717) is 16.8 Å². The van der Waals surface area contributed by atoms with Gasteiger partial charge in [0.05, 0.1) is 24.5 Å². The van der Waals surface area contributed by atoms with Crippen LogP contribution in [0.25, 0.3) is 0 Å². The maximum Gasteiger partial charge on any atom is 0.408 e. The Labute approximate surface area is 257 Å². The predicted octanol–water partition coefficient (Wildman–Crippen LogP) is 3.35. The van der Waals surface area contributed by atoms with E-state index in [1.807, 2.05) is 13.8 Å². The highest BCUT2D eigenvalue weighted by molar-refractivity contribution is 6.13. The monoisotopic (exact) mass is 640 g/mol. The standard InChI is InChI=1S/C28H31F5N6O4.C2H6/c1-26(2,34)24(41)36-21(14-43-13-17-6-7-18(29)11-20(17)30)23(40)38-10-8-22-27(15-38,12-19-5-3-4-9-35-19)25(42)39(37-22)16-28(31,32)33;1-2/h3-7,9,11,21H,8,10,12-16,34H2,1-2H3,(H,36,41);1-2H3. The minimum Gasteiger partial charge on any atom is -0.374 e. The molecule has 3 heterocycles. The van der Waals surface area contributed by atoms with E-state index in [9.17, 15) is 36.3 Å². The fourth-order valence-corrected chi connectivity index (χ4v) is 4.93. The van der Waals surface area contributed by atoms with Crippen LogP contribution in [0.2, 0.25) is 0 Å². The molecule has 2 aliphatic heterocycles. The van der Waals surface area contributed by atoms with Gasteiger partial charge < -0.3 is 20.7 Å². The first-order valence-electron chi connectivity index (χ1n) is 14.4. The molecule has 246 valence electrons. The molecule has 0 bridgehead atoms. The average Bonchev–Trinajstić information content (AvgIpc) is 3.22. The van der Waals surface area contributed by atoms with E-state index >= 15 is 0 Å². The van der Waals surface area contributed by atoms with Gasteiger partial charge in [-0.3, -0.25) is 19.4 Å². The molecule has 0 radical (unpaired) electrons. The van der Waals surface area contributed by atoms with Crippen molar-refractivity contribution in [2.45, 2.75) is 64.9 Å². The number of nitrogens with two attached hydrogens (primary N) is 1. The second-order valence-corrected chi connectivity index (χ2v) is 11.1. The zero-order valence-electron chi connectivity index (χ0n) is 25.5. The van der Waals surface area contributed by atoms with Gasteiger partial charge in [0.15, 0.2) is 0 Å². The molecule has 10 nitrogen and oxygen atoms in total. The molecule has 0 spiro atoms. The Morgan fingerprint density at radius 3 is 2.47 bits per heavy atom. The average molecular weight is 641 g/mol. The third-order valence-corrected chi connectivity index (χ3v) is 7.11. The summed E-state index contributed by atoms with van der Waals surface area (Å²) in [6.07, 6.45) is -3.36. The summed E-state index contributed by atoms with van der Waals surface area (Å²) in [4.78, 5) is 45.6. The van der Waals surface area contributed by atoms with Crippen LogP contribution in [0.1, 0.15) is 45.4 Å². The van der Waals surface area contributed by atoms with Gasteiger partial charge in [-0.05, 0) is 32.0 Å². The number of carbonyl (C=O) groups excluding carboxylic acids is 3. The number of likely N-dealkylation sites (tertiary alicyclic amines) is 1. The molecule has 2 unspecified atom stereocenters. The van der Waals surface area contributed by atoms with Crippen molar-refractivity contribution in [3.8, 4) is 0 Å². The van der Waals surface area contributed by atoms with Crippen molar-refractivity contribution in [1.82, 2.24) is 20.2 Å². The lowest BCUT2D eigenvalue weighted by Crippen LogP contribution is -2.62. The molecule has 0 aliphatic carbocycles. The topological polar surface area (TPSA) is 130 Å². The molecule has 1 fully saturated rings. The van der Waals surface area contributed by atoms with E-state index < -0.39 is 65.7 Å². The zero-order chi connectivity index (χ0) is 33.6. The molecule has 15 heteroatoms. The van der Waals surface area contributed by atoms with Crippen molar-refractivity contribution < 1.29 is 41.1 Å². The third-order valence-electron chi connectivity index (χ3n) is 7.11. The number of nitrogens with one attached hydrogen (secondary N) is 1. The lowest BCUT2D eigenvalue weighted by Gasteiger charge is -2.40. The molecular formula is C30H37F5N6O4. The second-order valence-electron chi connectivity index (χ2n) is 11.1. The van der Waals surface area contributed by atoms with Crippen molar-refractivity contribution in [3.05, 3.63) is 65.5 Å². The van der Waals surface area contributed by atoms with Crippen LogP contribution in [0.3, 0.4) is 0 Å². The number of piperidine rings is 1. The summed E-state index contributed by atoms with van der Waals surface area (Å²) in [5.41, 5.74) is 3.49. The Morgan fingerprint density at radius 2 is 1.87 bits per heavy atom. The first-order chi connectivity index (χ1) is 21.1. The summed E-state index contributed by atoms with van der Waals surface area (Å²) in [5, 5.41) is 6.90. The van der Waals surface area contributed by atoms with E-state index in [-0.39, 0.29) is 43.8 Å². The normalized spacial score (nSPS) is 18.9. The summed E-state index contributed by atoms with van der Waals surface area (Å²) >= 11 is 0. The van der Waals surface area contributed by atoms with Gasteiger partial charge >= 0.3 is 6.18 Å². The maximum absolute atomic E-state index is 14.1. The van der Waals surface area contributed by atoms with Gasteiger partial charge in [-0.25, -0.2) is 13.8 Å². The lowest BCUT2D eigenvalue weighted by atomic mass is 9.74. The van der Waals surface area contributed by atoms with Crippen molar-refractivity contribution in [1.29, 1.82) is 0 Å². The largest absolute Gasteiger partial charge is 0.408 e. The fourth-order valence-electron chi connectivity index (χ4n) is 4.93. The minimum absolute atomic E-state index is 0.00697. The smallest absolute Gasteiger partial charge is 0.374 e. The van der Waals surface area contributed by atoms with Crippen molar-refractivity contribution >= 4 is 23.4 Å². The molecular weight excluding hydrogens is 603 g/mol. The number of rotatable bonds is 10. The Morgan fingerprint density at radius 1 is 1.16 bits per heavy atom. The Bertz CT molecular complexity index is 1400. The molecule has 1 aromatic carbocycles. The number of nitrogens with zero attached hydrogens (tertiary/aromatic N) is 4. The molecule has 4 rings (SSSR count). The van der Waals surface area contributed by atoms with E-state index in [2.05, 4.69) is 15.4 Å². The number of fused-ring (bicyclic) bond motifs is 1. The molecule has 2 atom stereocenters. The van der Waals surface area contributed by atoms with Crippen LogP contribution < -0.4 is 11.1 Å². The summed E-state index contributed by atoms with van der Waals surface area (Å²) in [6.45, 7) is 4.08. The first-order valence-corrected chi connectivity index (χ1v) is 14.4. The SMILES string of the molecule is CC.CC(C)(N)C(=O)NC(COCc1ccc(F)cc1F)C(=O)N1CCC2=NN(CC(F)(F)F)C(=O)C2(Cc2ccccn2)C1. The zero-order valence-corrected chi connectivity index (χ0v) is 25.5. The van der Waals surface area contributed by atoms with Crippen LogP contribution in [0.5, 0.6) is 0 Å². The number of pyridine rings is 1. The number of amides is 3. The first kappa shape index (κ1) is 35.5. The molecule has 1 aromatic heterocycles. The second kappa shape index (κ2) is 14.4. The number of carbonyl (C=O) groups is 3. The maximum atomic E-state index is 14.1. The Balaban J connectivity index is 0.00000271. The number of benzene rings is 1. The van der Waals surface area contributed by atoms with Crippen LogP contribution in [0.15, 0.2) is 47.7 Å². The van der Waals surface area contributed by atoms with Crippen molar-refractivity contribution in [2.75, 3.05) is 26.2 Å². The van der Waals surface area contributed by atoms with Crippen molar-refractivity contribution in [2.24, 2.45) is 16.3 Å². The number of aromatic nitrogens is 1. The van der Waals surface area contributed by atoms with E-state index in [1.54, 1.807) is 18.2 Å².